The van der Waals surface area contributed by atoms with Crippen molar-refractivity contribution in [3.05, 3.63) is 93.4 Å². The first-order chi connectivity index (χ1) is 14.1. The van der Waals surface area contributed by atoms with Crippen LogP contribution >= 0.6 is 0 Å². The third kappa shape index (κ3) is 3.47. The van der Waals surface area contributed by atoms with E-state index in [4.69, 9.17) is 10.5 Å². The van der Waals surface area contributed by atoms with Crippen molar-refractivity contribution in [3.8, 4) is 0 Å². The molecule has 0 bridgehead atoms. The number of amides is 1. The summed E-state index contributed by atoms with van der Waals surface area (Å²) >= 11 is 0. The predicted octanol–water partition coefficient (Wildman–Crippen LogP) is 2.59. The number of nitrogens with zero attached hydrogens (tertiary/aromatic N) is 3. The number of nitrogen functional groups attached to an aromatic ring is 1. The van der Waals surface area contributed by atoms with Gasteiger partial charge in [0.15, 0.2) is 0 Å². The quantitative estimate of drug-likeness (QED) is 0.742. The first-order valence-electron chi connectivity index (χ1n) is 9.42. The Morgan fingerprint density at radius 1 is 1.07 bits per heavy atom. The summed E-state index contributed by atoms with van der Waals surface area (Å²) in [5.74, 6) is 0.165. The lowest BCUT2D eigenvalue weighted by Gasteiger charge is -2.29. The highest BCUT2D eigenvalue weighted by molar-refractivity contribution is 5.67. The fraction of sp³-hybridized carbons (Fsp3) is 0.227. The Morgan fingerprint density at radius 3 is 2.21 bits per heavy atom. The number of hydrogen-bond acceptors (Lipinski definition) is 5. The number of carbonyl (C=O) groups is 1. The summed E-state index contributed by atoms with van der Waals surface area (Å²) < 4.78 is 6.34. The van der Waals surface area contributed by atoms with Crippen LogP contribution in [0.5, 0.6) is 0 Å². The summed E-state index contributed by atoms with van der Waals surface area (Å²) in [6, 6.07) is 19.0. The molecule has 0 atom stereocenters. The molecule has 0 spiro atoms. The molecule has 1 amide bonds. The minimum atomic E-state index is -0.457. The second-order valence-corrected chi connectivity index (χ2v) is 6.94. The molecule has 7 heteroatoms. The maximum atomic E-state index is 13.5. The average molecular weight is 390 g/mol. The van der Waals surface area contributed by atoms with Crippen LogP contribution in [0.4, 0.5) is 10.7 Å². The first-order valence-corrected chi connectivity index (χ1v) is 9.42. The summed E-state index contributed by atoms with van der Waals surface area (Å²) in [4.78, 5) is 31.5. The van der Waals surface area contributed by atoms with Gasteiger partial charge in [0.2, 0.25) is 5.95 Å². The van der Waals surface area contributed by atoms with E-state index in [9.17, 15) is 9.59 Å². The van der Waals surface area contributed by atoms with E-state index in [0.717, 1.165) is 11.1 Å². The number of ether oxygens (including phenoxy) is 1. The van der Waals surface area contributed by atoms with Crippen LogP contribution in [0.15, 0.2) is 65.5 Å². The smallest absolute Gasteiger partial charge is 0.409 e. The second kappa shape index (κ2) is 7.79. The minimum absolute atomic E-state index is 0.157. The highest BCUT2D eigenvalue weighted by atomic mass is 16.5. The van der Waals surface area contributed by atoms with Crippen molar-refractivity contribution in [2.75, 3.05) is 19.4 Å². The van der Waals surface area contributed by atoms with E-state index in [1.807, 2.05) is 60.7 Å². The SMILES string of the molecule is COC(=O)N1CCc2nc(N)n(C(c3ccccc3)c3ccccc3)c(=O)c2C1. The highest BCUT2D eigenvalue weighted by Gasteiger charge is 2.29. The number of aromatic nitrogens is 2. The summed E-state index contributed by atoms with van der Waals surface area (Å²) in [6.45, 7) is 0.598. The van der Waals surface area contributed by atoms with Crippen LogP contribution in [-0.4, -0.2) is 34.2 Å². The lowest BCUT2D eigenvalue weighted by atomic mass is 9.97. The number of carbonyl (C=O) groups excluding carboxylic acids is 1. The molecular weight excluding hydrogens is 368 g/mol. The Balaban J connectivity index is 1.89. The molecule has 7 nitrogen and oxygen atoms in total. The van der Waals surface area contributed by atoms with Crippen LogP contribution in [0.1, 0.15) is 28.4 Å². The van der Waals surface area contributed by atoms with Gasteiger partial charge in [-0.15, -0.1) is 0 Å². The van der Waals surface area contributed by atoms with E-state index in [2.05, 4.69) is 4.98 Å². The largest absolute Gasteiger partial charge is 0.453 e. The Labute approximate surface area is 168 Å². The molecule has 148 valence electrons. The van der Waals surface area contributed by atoms with Crippen LogP contribution in [0.2, 0.25) is 0 Å². The number of nitrogens with two attached hydrogens (primary N) is 1. The van der Waals surface area contributed by atoms with E-state index >= 15 is 0 Å². The van der Waals surface area contributed by atoms with Crippen molar-refractivity contribution >= 4 is 12.0 Å². The lowest BCUT2D eigenvalue weighted by Crippen LogP contribution is -2.42. The molecule has 0 unspecified atom stereocenters. The molecule has 0 aliphatic carbocycles. The second-order valence-electron chi connectivity index (χ2n) is 6.94. The van der Waals surface area contributed by atoms with E-state index in [-0.39, 0.29) is 18.1 Å². The molecule has 4 rings (SSSR count). The number of anilines is 1. The summed E-state index contributed by atoms with van der Waals surface area (Å²) in [5.41, 5.74) is 9.02. The van der Waals surface area contributed by atoms with Gasteiger partial charge in [-0.05, 0) is 11.1 Å². The van der Waals surface area contributed by atoms with Crippen molar-refractivity contribution in [1.29, 1.82) is 0 Å². The van der Waals surface area contributed by atoms with Gasteiger partial charge < -0.3 is 15.4 Å². The zero-order valence-electron chi connectivity index (χ0n) is 16.1. The summed E-state index contributed by atoms with van der Waals surface area (Å²) in [5, 5.41) is 0. The van der Waals surface area contributed by atoms with Gasteiger partial charge in [-0.3, -0.25) is 9.36 Å². The molecule has 1 aliphatic rings. The van der Waals surface area contributed by atoms with Gasteiger partial charge in [-0.25, -0.2) is 9.78 Å². The van der Waals surface area contributed by atoms with E-state index < -0.39 is 12.1 Å². The molecule has 1 aliphatic heterocycles. The van der Waals surface area contributed by atoms with Gasteiger partial charge in [-0.1, -0.05) is 60.7 Å². The Bertz CT molecular complexity index is 1040. The zero-order chi connectivity index (χ0) is 20.4. The van der Waals surface area contributed by atoms with Crippen LogP contribution in [0.3, 0.4) is 0 Å². The molecule has 0 fully saturated rings. The molecule has 29 heavy (non-hydrogen) atoms. The van der Waals surface area contributed by atoms with Crippen molar-refractivity contribution < 1.29 is 9.53 Å². The van der Waals surface area contributed by atoms with Gasteiger partial charge in [0.1, 0.15) is 0 Å². The third-order valence-corrected chi connectivity index (χ3v) is 5.21. The number of methoxy groups -OCH3 is 1. The van der Waals surface area contributed by atoms with E-state index in [0.29, 0.717) is 24.2 Å². The maximum Gasteiger partial charge on any atom is 0.409 e. The Morgan fingerprint density at radius 2 is 1.66 bits per heavy atom. The van der Waals surface area contributed by atoms with Gasteiger partial charge >= 0.3 is 6.09 Å². The normalized spacial score (nSPS) is 13.2. The molecule has 2 aromatic carbocycles. The van der Waals surface area contributed by atoms with Crippen LogP contribution < -0.4 is 11.3 Å². The minimum Gasteiger partial charge on any atom is -0.453 e. The van der Waals surface area contributed by atoms with Gasteiger partial charge in [0.25, 0.3) is 5.56 Å². The Hall–Kier alpha value is -3.61. The fourth-order valence-corrected chi connectivity index (χ4v) is 3.80. The maximum absolute atomic E-state index is 13.5. The van der Waals surface area contributed by atoms with Crippen molar-refractivity contribution in [1.82, 2.24) is 14.5 Å². The Kier molecular flexibility index (Phi) is 5.03. The van der Waals surface area contributed by atoms with Gasteiger partial charge in [0, 0.05) is 13.0 Å². The molecule has 1 aromatic heterocycles. The van der Waals surface area contributed by atoms with Gasteiger partial charge in [0.05, 0.1) is 31.0 Å². The van der Waals surface area contributed by atoms with E-state index in [1.165, 1.54) is 16.6 Å². The predicted molar refractivity (Wildman–Crippen MR) is 110 cm³/mol. The third-order valence-electron chi connectivity index (χ3n) is 5.21. The van der Waals surface area contributed by atoms with Crippen molar-refractivity contribution in [2.45, 2.75) is 19.0 Å². The molecule has 0 saturated carbocycles. The standard InChI is InChI=1S/C22H22N4O3/c1-29-22(28)25-13-12-18-17(14-25)20(27)26(21(23)24-18)19(15-8-4-2-5-9-15)16-10-6-3-7-11-16/h2-11,19H,12-14H2,1H3,(H2,23,24). The van der Waals surface area contributed by atoms with Crippen molar-refractivity contribution in [3.63, 3.8) is 0 Å². The number of rotatable bonds is 3. The number of benzene rings is 2. The van der Waals surface area contributed by atoms with Crippen LogP contribution in [0, 0.1) is 0 Å². The summed E-state index contributed by atoms with van der Waals surface area (Å²) in [7, 11) is 1.33. The summed E-state index contributed by atoms with van der Waals surface area (Å²) in [6.07, 6.45) is 0.00702. The number of fused-ring (bicyclic) bond motifs is 1. The molecular formula is C22H22N4O3. The molecule has 0 saturated heterocycles. The van der Waals surface area contributed by atoms with E-state index in [1.54, 1.807) is 0 Å². The van der Waals surface area contributed by atoms with Gasteiger partial charge in [-0.2, -0.15) is 0 Å². The van der Waals surface area contributed by atoms with Crippen LogP contribution in [-0.2, 0) is 17.7 Å². The first kappa shape index (κ1) is 18.7. The lowest BCUT2D eigenvalue weighted by molar-refractivity contribution is 0.118. The van der Waals surface area contributed by atoms with Crippen LogP contribution in [0.25, 0.3) is 0 Å². The fourth-order valence-electron chi connectivity index (χ4n) is 3.80. The molecule has 2 N–H and O–H groups in total. The molecule has 2 heterocycles. The molecule has 3 aromatic rings. The monoisotopic (exact) mass is 390 g/mol. The molecule has 0 radical (unpaired) electrons. The topological polar surface area (TPSA) is 90.4 Å². The average Bonchev–Trinajstić information content (AvgIpc) is 2.77. The zero-order valence-corrected chi connectivity index (χ0v) is 16.1. The highest BCUT2D eigenvalue weighted by Crippen LogP contribution is 2.28. The van der Waals surface area contributed by atoms with Crippen molar-refractivity contribution in [2.24, 2.45) is 0 Å². The number of hydrogen-bond donors (Lipinski definition) is 1.